The molecule has 18 heavy (non-hydrogen) atoms. The van der Waals surface area contributed by atoms with Gasteiger partial charge < -0.3 is 9.73 Å². The van der Waals surface area contributed by atoms with Crippen molar-refractivity contribution < 1.29 is 9.21 Å². The SMILES string of the molecule is CCNCC(C)C(=O)c1cc2cccc(C)c2o1. The van der Waals surface area contributed by atoms with Crippen LogP contribution in [0.5, 0.6) is 0 Å². The molecule has 0 saturated carbocycles. The third kappa shape index (κ3) is 2.46. The van der Waals surface area contributed by atoms with Crippen molar-refractivity contribution in [3.63, 3.8) is 0 Å². The van der Waals surface area contributed by atoms with Gasteiger partial charge in [-0.25, -0.2) is 0 Å². The molecule has 3 nitrogen and oxygen atoms in total. The van der Waals surface area contributed by atoms with Crippen molar-refractivity contribution in [2.24, 2.45) is 5.92 Å². The third-order valence-electron chi connectivity index (χ3n) is 3.13. The highest BCUT2D eigenvalue weighted by molar-refractivity contribution is 5.99. The number of Topliss-reactive ketones (excluding diaryl/α,β-unsaturated/α-hetero) is 1. The lowest BCUT2D eigenvalue weighted by Crippen LogP contribution is -2.26. The van der Waals surface area contributed by atoms with Crippen molar-refractivity contribution in [1.82, 2.24) is 5.32 Å². The van der Waals surface area contributed by atoms with Gasteiger partial charge in [0.25, 0.3) is 0 Å². The number of nitrogens with one attached hydrogen (secondary N) is 1. The van der Waals surface area contributed by atoms with Crippen LogP contribution in [0.1, 0.15) is 30.0 Å². The van der Waals surface area contributed by atoms with Crippen molar-refractivity contribution in [3.8, 4) is 0 Å². The maximum Gasteiger partial charge on any atom is 0.202 e. The Kier molecular flexibility index (Phi) is 3.82. The summed E-state index contributed by atoms with van der Waals surface area (Å²) < 4.78 is 5.68. The van der Waals surface area contributed by atoms with Crippen molar-refractivity contribution in [2.45, 2.75) is 20.8 Å². The van der Waals surface area contributed by atoms with Gasteiger partial charge in [0.15, 0.2) is 5.76 Å². The average Bonchev–Trinajstić information content (AvgIpc) is 2.80. The fourth-order valence-corrected chi connectivity index (χ4v) is 2.03. The minimum absolute atomic E-state index is 0.0616. The van der Waals surface area contributed by atoms with E-state index in [0.29, 0.717) is 12.3 Å². The number of para-hydroxylation sites is 1. The number of aryl methyl sites for hydroxylation is 1. The van der Waals surface area contributed by atoms with E-state index in [2.05, 4.69) is 5.32 Å². The first-order valence-corrected chi connectivity index (χ1v) is 6.37. The van der Waals surface area contributed by atoms with Crippen LogP contribution < -0.4 is 5.32 Å². The molecular weight excluding hydrogens is 226 g/mol. The summed E-state index contributed by atoms with van der Waals surface area (Å²) in [5, 5.41) is 4.18. The van der Waals surface area contributed by atoms with E-state index < -0.39 is 0 Å². The molecule has 0 saturated heterocycles. The largest absolute Gasteiger partial charge is 0.453 e. The van der Waals surface area contributed by atoms with Gasteiger partial charge in [-0.05, 0) is 25.1 Å². The standard InChI is InChI=1S/C15H19NO2/c1-4-16-9-11(3)14(17)13-8-12-7-5-6-10(2)15(12)18-13/h5-8,11,16H,4,9H2,1-3H3. The number of carbonyl (C=O) groups excluding carboxylic acids is 1. The first kappa shape index (κ1) is 12.8. The number of ketones is 1. The summed E-state index contributed by atoms with van der Waals surface area (Å²) in [5.41, 5.74) is 1.88. The molecule has 3 heteroatoms. The second-order valence-corrected chi connectivity index (χ2v) is 4.68. The fraction of sp³-hybridized carbons (Fsp3) is 0.400. The second kappa shape index (κ2) is 5.36. The van der Waals surface area contributed by atoms with Gasteiger partial charge in [-0.1, -0.05) is 32.0 Å². The van der Waals surface area contributed by atoms with Gasteiger partial charge in [-0.2, -0.15) is 0 Å². The Morgan fingerprint density at radius 3 is 2.89 bits per heavy atom. The molecule has 0 aliphatic heterocycles. The van der Waals surface area contributed by atoms with Gasteiger partial charge in [0.05, 0.1) is 0 Å². The van der Waals surface area contributed by atoms with E-state index in [4.69, 9.17) is 4.42 Å². The molecule has 1 atom stereocenters. The van der Waals surface area contributed by atoms with Crippen LogP contribution in [0.3, 0.4) is 0 Å². The first-order valence-electron chi connectivity index (χ1n) is 6.37. The number of hydrogen-bond acceptors (Lipinski definition) is 3. The Balaban J connectivity index is 2.25. The van der Waals surface area contributed by atoms with E-state index in [1.807, 2.05) is 45.0 Å². The smallest absolute Gasteiger partial charge is 0.202 e. The van der Waals surface area contributed by atoms with Crippen molar-refractivity contribution in [2.75, 3.05) is 13.1 Å². The predicted octanol–water partition coefficient (Wildman–Crippen LogP) is 3.17. The van der Waals surface area contributed by atoms with Gasteiger partial charge in [0, 0.05) is 17.8 Å². The zero-order valence-corrected chi connectivity index (χ0v) is 11.1. The zero-order valence-electron chi connectivity index (χ0n) is 11.1. The van der Waals surface area contributed by atoms with Gasteiger partial charge in [0.2, 0.25) is 5.78 Å². The van der Waals surface area contributed by atoms with Crippen LogP contribution in [-0.4, -0.2) is 18.9 Å². The van der Waals surface area contributed by atoms with E-state index in [1.165, 1.54) is 0 Å². The van der Waals surface area contributed by atoms with Gasteiger partial charge >= 0.3 is 0 Å². The molecule has 0 amide bonds. The lowest BCUT2D eigenvalue weighted by molar-refractivity contribution is 0.0903. The van der Waals surface area contributed by atoms with Gasteiger partial charge in [-0.3, -0.25) is 4.79 Å². The number of rotatable bonds is 5. The van der Waals surface area contributed by atoms with Crippen LogP contribution >= 0.6 is 0 Å². The summed E-state index contributed by atoms with van der Waals surface area (Å²) in [6.45, 7) is 7.50. The van der Waals surface area contributed by atoms with Crippen LogP contribution in [0, 0.1) is 12.8 Å². The van der Waals surface area contributed by atoms with E-state index in [1.54, 1.807) is 0 Å². The summed E-state index contributed by atoms with van der Waals surface area (Å²) in [7, 11) is 0. The van der Waals surface area contributed by atoms with Crippen LogP contribution in [0.4, 0.5) is 0 Å². The molecule has 1 unspecified atom stereocenters. The minimum atomic E-state index is -0.0641. The molecule has 0 bridgehead atoms. The normalized spacial score (nSPS) is 12.8. The summed E-state index contributed by atoms with van der Waals surface area (Å²) in [5.74, 6) is 0.460. The first-order chi connectivity index (χ1) is 8.63. The topological polar surface area (TPSA) is 42.2 Å². The molecule has 2 rings (SSSR count). The molecule has 1 heterocycles. The molecular formula is C15H19NO2. The molecule has 96 valence electrons. The van der Waals surface area contributed by atoms with Crippen molar-refractivity contribution in [1.29, 1.82) is 0 Å². The molecule has 1 aromatic carbocycles. The lowest BCUT2D eigenvalue weighted by Gasteiger charge is -2.08. The maximum atomic E-state index is 12.2. The number of benzene rings is 1. The second-order valence-electron chi connectivity index (χ2n) is 4.68. The van der Waals surface area contributed by atoms with Gasteiger partial charge in [-0.15, -0.1) is 0 Å². The predicted molar refractivity (Wildman–Crippen MR) is 73.0 cm³/mol. The van der Waals surface area contributed by atoms with Crippen molar-refractivity contribution in [3.05, 3.63) is 35.6 Å². The summed E-state index contributed by atoms with van der Waals surface area (Å²) in [6.07, 6.45) is 0. The minimum Gasteiger partial charge on any atom is -0.453 e. The highest BCUT2D eigenvalue weighted by Gasteiger charge is 2.19. The Bertz CT molecular complexity index is 557. The van der Waals surface area contributed by atoms with E-state index >= 15 is 0 Å². The Morgan fingerprint density at radius 1 is 1.44 bits per heavy atom. The Labute approximate surface area is 107 Å². The number of hydrogen-bond donors (Lipinski definition) is 1. The van der Waals surface area contributed by atoms with Crippen LogP contribution in [0.15, 0.2) is 28.7 Å². The summed E-state index contributed by atoms with van der Waals surface area (Å²) >= 11 is 0. The Morgan fingerprint density at radius 2 is 2.22 bits per heavy atom. The third-order valence-corrected chi connectivity index (χ3v) is 3.13. The molecule has 0 spiro atoms. The highest BCUT2D eigenvalue weighted by Crippen LogP contribution is 2.24. The molecule has 0 radical (unpaired) electrons. The quantitative estimate of drug-likeness (QED) is 0.823. The van der Waals surface area contributed by atoms with E-state index in [-0.39, 0.29) is 11.7 Å². The average molecular weight is 245 g/mol. The number of fused-ring (bicyclic) bond motifs is 1. The van der Waals surface area contributed by atoms with Crippen LogP contribution in [0.2, 0.25) is 0 Å². The van der Waals surface area contributed by atoms with E-state index in [0.717, 1.165) is 23.1 Å². The maximum absolute atomic E-state index is 12.2. The van der Waals surface area contributed by atoms with E-state index in [9.17, 15) is 4.79 Å². The fourth-order valence-electron chi connectivity index (χ4n) is 2.03. The molecule has 0 aliphatic rings. The monoisotopic (exact) mass is 245 g/mol. The zero-order chi connectivity index (χ0) is 13.1. The molecule has 0 aliphatic carbocycles. The summed E-state index contributed by atoms with van der Waals surface area (Å²) in [4.78, 5) is 12.2. The highest BCUT2D eigenvalue weighted by atomic mass is 16.3. The lowest BCUT2D eigenvalue weighted by atomic mass is 10.0. The van der Waals surface area contributed by atoms with Crippen molar-refractivity contribution >= 4 is 16.8 Å². The number of carbonyl (C=O) groups is 1. The molecule has 0 fully saturated rings. The number of furan rings is 1. The van der Waals surface area contributed by atoms with Crippen LogP contribution in [-0.2, 0) is 0 Å². The van der Waals surface area contributed by atoms with Gasteiger partial charge in [0.1, 0.15) is 5.58 Å². The molecule has 2 aromatic rings. The summed E-state index contributed by atoms with van der Waals surface area (Å²) in [6, 6.07) is 7.77. The molecule has 1 aromatic heterocycles. The van der Waals surface area contributed by atoms with Crippen LogP contribution in [0.25, 0.3) is 11.0 Å². The Hall–Kier alpha value is -1.61. The molecule has 1 N–H and O–H groups in total.